The lowest BCUT2D eigenvalue weighted by Crippen LogP contribution is -2.29. The lowest BCUT2D eigenvalue weighted by atomic mass is 10.5. The first-order valence-electron chi connectivity index (χ1n) is 5.22. The van der Waals surface area contributed by atoms with E-state index in [4.69, 9.17) is 0 Å². The molecule has 0 spiro atoms. The maximum absolute atomic E-state index is 11.7. The number of nitrogens with one attached hydrogen (secondary N) is 1. The number of halogens is 3. The molecule has 0 fully saturated rings. The van der Waals surface area contributed by atoms with Gasteiger partial charge in [0.25, 0.3) is 15.7 Å². The summed E-state index contributed by atoms with van der Waals surface area (Å²) >= 11 is 0. The summed E-state index contributed by atoms with van der Waals surface area (Å²) in [6.45, 7) is 2.13. The highest BCUT2D eigenvalue weighted by Gasteiger charge is 2.46. The standard InChI is InChI=1S/C6H10N2.C2F3N4O2S/c1-3-6-7-4-5-8(6)2;3-2(4,5)12(10,11)1-6-8-9-7-1/h4-5H,3H2,1-2H3;/q;-1/p+1. The smallest absolute Gasteiger partial charge is 0.320 e. The minimum absolute atomic E-state index is 1.07. The maximum Gasteiger partial charge on any atom is 0.502 e. The number of nitrogens with zero attached hydrogens (tertiary/aromatic N) is 5. The second-order valence-corrected chi connectivity index (χ2v) is 5.32. The van der Waals surface area contributed by atoms with Crippen molar-refractivity contribution in [2.24, 2.45) is 7.05 Å². The number of imidazole rings is 1. The fraction of sp³-hybridized carbons (Fsp3) is 0.500. The van der Waals surface area contributed by atoms with Crippen molar-refractivity contribution in [1.29, 1.82) is 0 Å². The summed E-state index contributed by atoms with van der Waals surface area (Å²) in [5, 5.41) is 8.94. The average Bonchev–Trinajstić information content (AvgIpc) is 2.98. The Kier molecular flexibility index (Phi) is 4.81. The Labute approximate surface area is 111 Å². The molecular formula is C8H11F3N6O2S. The van der Waals surface area contributed by atoms with Crippen molar-refractivity contribution in [3.63, 3.8) is 0 Å². The monoisotopic (exact) mass is 312 g/mol. The van der Waals surface area contributed by atoms with Gasteiger partial charge in [-0.15, -0.1) is 0 Å². The Bertz CT molecular complexity index is 633. The Morgan fingerprint density at radius 2 is 2.10 bits per heavy atom. The van der Waals surface area contributed by atoms with Gasteiger partial charge in [-0.2, -0.15) is 18.4 Å². The van der Waals surface area contributed by atoms with Crippen LogP contribution in [-0.4, -0.2) is 34.4 Å². The molecule has 2 aromatic heterocycles. The summed E-state index contributed by atoms with van der Waals surface area (Å²) in [4.78, 5) is 3.12. The highest BCUT2D eigenvalue weighted by molar-refractivity contribution is 7.92. The molecule has 20 heavy (non-hydrogen) atoms. The summed E-state index contributed by atoms with van der Waals surface area (Å²) in [7, 11) is -3.44. The van der Waals surface area contributed by atoms with Gasteiger partial charge in [-0.25, -0.2) is 18.0 Å². The molecule has 0 radical (unpaired) electrons. The highest BCUT2D eigenvalue weighted by atomic mass is 32.2. The van der Waals surface area contributed by atoms with E-state index >= 15 is 0 Å². The number of hydrogen-bond donors (Lipinski definition) is 1. The molecule has 0 unspecified atom stereocenters. The third kappa shape index (κ3) is 3.53. The predicted octanol–water partition coefficient (Wildman–Crippen LogP) is -0.476. The molecule has 0 aliphatic carbocycles. The van der Waals surface area contributed by atoms with Gasteiger partial charge in [-0.05, 0) is 0 Å². The van der Waals surface area contributed by atoms with Crippen LogP contribution in [0.1, 0.15) is 12.7 Å². The van der Waals surface area contributed by atoms with Crippen molar-refractivity contribution in [2.45, 2.75) is 24.0 Å². The largest absolute Gasteiger partial charge is 0.502 e. The molecule has 2 aromatic rings. The van der Waals surface area contributed by atoms with Gasteiger partial charge in [-0.1, -0.05) is 6.92 Å². The first-order valence-corrected chi connectivity index (χ1v) is 6.70. The molecule has 1 N–H and O–H groups in total. The number of tetrazole rings is 1. The SMILES string of the molecule is CCc1[nH]cc[n+]1C.O=S(=O)(c1nnn[n-]1)C(F)(F)F. The highest BCUT2D eigenvalue weighted by Crippen LogP contribution is 2.26. The number of aromatic nitrogens is 6. The van der Waals surface area contributed by atoms with E-state index in [0.717, 1.165) is 6.42 Å². The van der Waals surface area contributed by atoms with E-state index < -0.39 is 20.5 Å². The van der Waals surface area contributed by atoms with Gasteiger partial charge in [0.2, 0.25) is 0 Å². The molecule has 2 rings (SSSR count). The van der Waals surface area contributed by atoms with Crippen LogP contribution in [0.3, 0.4) is 0 Å². The van der Waals surface area contributed by atoms with E-state index in [-0.39, 0.29) is 0 Å². The fourth-order valence-electron chi connectivity index (χ4n) is 1.14. The van der Waals surface area contributed by atoms with Crippen LogP contribution in [0.15, 0.2) is 17.6 Å². The molecule has 112 valence electrons. The molecule has 12 heteroatoms. The summed E-state index contributed by atoms with van der Waals surface area (Å²) in [5.41, 5.74) is -5.41. The molecule has 0 aliphatic heterocycles. The van der Waals surface area contributed by atoms with E-state index in [9.17, 15) is 21.6 Å². The van der Waals surface area contributed by atoms with E-state index in [1.54, 1.807) is 0 Å². The summed E-state index contributed by atoms with van der Waals surface area (Å²) < 4.78 is 57.9. The topological polar surface area (TPSA) is 107 Å². The number of sulfone groups is 1. The normalized spacial score (nSPS) is 11.8. The van der Waals surface area contributed by atoms with Crippen molar-refractivity contribution >= 4 is 9.84 Å². The van der Waals surface area contributed by atoms with Crippen molar-refractivity contribution in [3.05, 3.63) is 18.2 Å². The zero-order valence-electron chi connectivity index (χ0n) is 10.5. The second kappa shape index (κ2) is 5.98. The van der Waals surface area contributed by atoms with E-state index in [1.807, 2.05) is 19.4 Å². The molecule has 0 bridgehead atoms. The Balaban J connectivity index is 0.000000217. The fourth-order valence-corrected chi connectivity index (χ4v) is 1.63. The number of H-pyrrole nitrogens is 1. The molecular weight excluding hydrogens is 301 g/mol. The van der Waals surface area contributed by atoms with Gasteiger partial charge in [0.1, 0.15) is 17.6 Å². The number of aryl methyl sites for hydroxylation is 2. The van der Waals surface area contributed by atoms with Crippen molar-refractivity contribution in [3.8, 4) is 0 Å². The van der Waals surface area contributed by atoms with Crippen molar-refractivity contribution in [2.75, 3.05) is 0 Å². The number of alkyl halides is 3. The molecule has 2 heterocycles. The van der Waals surface area contributed by atoms with Crippen LogP contribution in [0.5, 0.6) is 0 Å². The third-order valence-electron chi connectivity index (χ3n) is 2.15. The van der Waals surface area contributed by atoms with Gasteiger partial charge in [0.05, 0.1) is 7.05 Å². The second-order valence-electron chi connectivity index (χ2n) is 3.48. The first kappa shape index (κ1) is 16.1. The van der Waals surface area contributed by atoms with Crippen LogP contribution in [0, 0.1) is 0 Å². The third-order valence-corrected chi connectivity index (χ3v) is 3.41. The van der Waals surface area contributed by atoms with Crippen molar-refractivity contribution in [1.82, 2.24) is 25.6 Å². The summed E-state index contributed by atoms with van der Waals surface area (Å²) in [6, 6.07) is 0. The number of aromatic amines is 1. The van der Waals surface area contributed by atoms with Crippen molar-refractivity contribution < 1.29 is 26.2 Å². The van der Waals surface area contributed by atoms with Gasteiger partial charge < -0.3 is 5.10 Å². The predicted molar refractivity (Wildman–Crippen MR) is 57.7 cm³/mol. The van der Waals surface area contributed by atoms with Crippen LogP contribution in [0.2, 0.25) is 0 Å². The minimum Gasteiger partial charge on any atom is -0.320 e. The van der Waals surface area contributed by atoms with Crippen LogP contribution >= 0.6 is 0 Å². The van der Waals surface area contributed by atoms with Crippen LogP contribution < -0.4 is 9.67 Å². The molecule has 0 aliphatic rings. The Morgan fingerprint density at radius 3 is 2.40 bits per heavy atom. The minimum atomic E-state index is -5.48. The zero-order chi connectivity index (χ0) is 15.4. The number of rotatable bonds is 2. The van der Waals surface area contributed by atoms with Crippen LogP contribution in [-0.2, 0) is 23.3 Å². The van der Waals surface area contributed by atoms with Gasteiger partial charge in [-0.3, -0.25) is 10.3 Å². The van der Waals surface area contributed by atoms with E-state index in [0.29, 0.717) is 0 Å². The van der Waals surface area contributed by atoms with E-state index in [1.165, 1.54) is 5.82 Å². The van der Waals surface area contributed by atoms with Gasteiger partial charge in [0.15, 0.2) is 0 Å². The zero-order valence-corrected chi connectivity index (χ0v) is 11.3. The molecule has 0 atom stereocenters. The molecule has 0 saturated carbocycles. The van der Waals surface area contributed by atoms with Gasteiger partial charge in [0, 0.05) is 6.42 Å². The Hall–Kier alpha value is -1.98. The maximum atomic E-state index is 11.7. The van der Waals surface area contributed by atoms with Crippen LogP contribution in [0.4, 0.5) is 13.2 Å². The first-order chi connectivity index (χ1) is 9.20. The molecule has 0 amide bonds. The quantitative estimate of drug-likeness (QED) is 0.751. The summed E-state index contributed by atoms with van der Waals surface area (Å²) in [5.74, 6) is 1.27. The number of hydrogen-bond acceptors (Lipinski definition) is 5. The molecule has 0 aromatic carbocycles. The molecule has 0 saturated heterocycles. The van der Waals surface area contributed by atoms with Gasteiger partial charge >= 0.3 is 5.51 Å². The average molecular weight is 312 g/mol. The lowest BCUT2D eigenvalue weighted by Gasteiger charge is -2.05. The molecule has 8 nitrogen and oxygen atoms in total. The summed E-state index contributed by atoms with van der Waals surface area (Å²) in [6.07, 6.45) is 5.03. The lowest BCUT2D eigenvalue weighted by molar-refractivity contribution is -0.677. The Morgan fingerprint density at radius 1 is 1.45 bits per heavy atom. The van der Waals surface area contributed by atoms with E-state index in [2.05, 4.69) is 37.1 Å². The van der Waals surface area contributed by atoms with Crippen LogP contribution in [0.25, 0.3) is 0 Å².